The minimum Gasteiger partial charge on any atom is -0.444 e. The highest BCUT2D eigenvalue weighted by molar-refractivity contribution is 6.33. The molecule has 0 saturated carbocycles. The molecule has 11 heteroatoms. The fourth-order valence-electron chi connectivity index (χ4n) is 3.22. The van der Waals surface area contributed by atoms with Gasteiger partial charge in [-0.3, -0.25) is 4.90 Å². The van der Waals surface area contributed by atoms with E-state index in [0.29, 0.717) is 32.7 Å². The molecular weight excluding hydrogens is 411 g/mol. The van der Waals surface area contributed by atoms with Gasteiger partial charge in [-0.15, -0.1) is 0 Å². The number of alkyl halides is 3. The summed E-state index contributed by atoms with van der Waals surface area (Å²) in [6, 6.07) is 0.984. The Balaban J connectivity index is 1.66. The van der Waals surface area contributed by atoms with Gasteiger partial charge in [0.1, 0.15) is 28.4 Å². The Hall–Kier alpha value is -2.07. The lowest BCUT2D eigenvalue weighted by Gasteiger charge is -2.35. The van der Waals surface area contributed by atoms with Gasteiger partial charge < -0.3 is 14.2 Å². The summed E-state index contributed by atoms with van der Waals surface area (Å²) < 4.78 is 46.9. The molecule has 29 heavy (non-hydrogen) atoms. The largest absolute Gasteiger partial charge is 0.444 e. The maximum absolute atomic E-state index is 13.5. The number of carbonyl (C=O) groups excluding carboxylic acids is 1. The third kappa shape index (κ3) is 5.11. The number of carbonyl (C=O) groups is 1. The van der Waals surface area contributed by atoms with Crippen molar-refractivity contribution in [2.45, 2.75) is 39.1 Å². The summed E-state index contributed by atoms with van der Waals surface area (Å²) in [5.41, 5.74) is -1.21. The van der Waals surface area contributed by atoms with E-state index in [0.717, 1.165) is 17.0 Å². The molecule has 0 aromatic carbocycles. The van der Waals surface area contributed by atoms with Crippen LogP contribution in [0.3, 0.4) is 0 Å². The second-order valence-electron chi connectivity index (χ2n) is 7.89. The lowest BCUT2D eigenvalue weighted by molar-refractivity contribution is -0.143. The van der Waals surface area contributed by atoms with Crippen LogP contribution in [0.25, 0.3) is 11.0 Å². The van der Waals surface area contributed by atoms with Crippen LogP contribution in [0.2, 0.25) is 5.15 Å². The first-order valence-electron chi connectivity index (χ1n) is 9.23. The van der Waals surface area contributed by atoms with E-state index in [2.05, 4.69) is 9.97 Å². The van der Waals surface area contributed by atoms with E-state index in [-0.39, 0.29) is 28.8 Å². The molecule has 3 heterocycles. The van der Waals surface area contributed by atoms with E-state index in [1.54, 1.807) is 25.7 Å². The first kappa shape index (κ1) is 21.6. The summed E-state index contributed by atoms with van der Waals surface area (Å²) in [7, 11) is 0. The molecule has 1 fully saturated rings. The number of rotatable bonds is 3. The molecule has 160 valence electrons. The van der Waals surface area contributed by atoms with Crippen LogP contribution in [0.1, 0.15) is 26.5 Å². The standard InChI is InChI=1S/C18H23ClF3N5O2/c1-17(2,3)29-16(28)26-7-4-25(5-8-26)6-9-27-13(18(20,21)22)10-12-14(19)23-11-24-15(12)27/h10-11H,4-9H2,1-3H3. The minimum atomic E-state index is -4.53. The third-order valence-electron chi connectivity index (χ3n) is 4.60. The molecule has 0 unspecified atom stereocenters. The van der Waals surface area contributed by atoms with Gasteiger partial charge in [-0.25, -0.2) is 14.8 Å². The molecule has 2 aromatic heterocycles. The summed E-state index contributed by atoms with van der Waals surface area (Å²) in [6.07, 6.45) is -3.75. The molecule has 0 bridgehead atoms. The molecule has 1 saturated heterocycles. The van der Waals surface area contributed by atoms with E-state index in [4.69, 9.17) is 16.3 Å². The van der Waals surface area contributed by atoms with Gasteiger partial charge in [0.05, 0.1) is 5.39 Å². The minimum absolute atomic E-state index is 0.00905. The maximum atomic E-state index is 13.5. The zero-order chi connectivity index (χ0) is 21.4. The van der Waals surface area contributed by atoms with E-state index < -0.39 is 17.5 Å². The molecule has 0 radical (unpaired) electrons. The van der Waals surface area contributed by atoms with Crippen molar-refractivity contribution in [2.75, 3.05) is 32.7 Å². The van der Waals surface area contributed by atoms with Crippen molar-refractivity contribution < 1.29 is 22.7 Å². The summed E-state index contributed by atoms with van der Waals surface area (Å²) >= 11 is 5.94. The lowest BCUT2D eigenvalue weighted by atomic mass is 10.2. The third-order valence-corrected chi connectivity index (χ3v) is 4.90. The molecule has 0 spiro atoms. The van der Waals surface area contributed by atoms with Gasteiger partial charge in [0.2, 0.25) is 0 Å². The summed E-state index contributed by atoms with van der Waals surface area (Å²) in [5.74, 6) is 0. The van der Waals surface area contributed by atoms with Crippen molar-refractivity contribution in [3.8, 4) is 0 Å². The van der Waals surface area contributed by atoms with Crippen molar-refractivity contribution in [3.05, 3.63) is 23.2 Å². The highest BCUT2D eigenvalue weighted by atomic mass is 35.5. The van der Waals surface area contributed by atoms with Crippen LogP contribution >= 0.6 is 11.6 Å². The Morgan fingerprint density at radius 2 is 1.79 bits per heavy atom. The lowest BCUT2D eigenvalue weighted by Crippen LogP contribution is -2.50. The molecule has 0 aliphatic carbocycles. The van der Waals surface area contributed by atoms with Gasteiger partial charge in [-0.05, 0) is 26.8 Å². The van der Waals surface area contributed by atoms with Crippen LogP contribution in [0, 0.1) is 0 Å². The molecule has 7 nitrogen and oxygen atoms in total. The predicted molar refractivity (Wildman–Crippen MR) is 102 cm³/mol. The second-order valence-corrected chi connectivity index (χ2v) is 8.25. The van der Waals surface area contributed by atoms with E-state index >= 15 is 0 Å². The number of hydrogen-bond donors (Lipinski definition) is 0. The molecule has 3 rings (SSSR count). The predicted octanol–water partition coefficient (Wildman–Crippen LogP) is 3.66. The van der Waals surface area contributed by atoms with Gasteiger partial charge in [-0.1, -0.05) is 11.6 Å². The van der Waals surface area contributed by atoms with E-state index in [1.165, 1.54) is 0 Å². The van der Waals surface area contributed by atoms with Gasteiger partial charge in [0.25, 0.3) is 0 Å². The van der Waals surface area contributed by atoms with E-state index in [9.17, 15) is 18.0 Å². The maximum Gasteiger partial charge on any atom is 0.431 e. The molecule has 1 aliphatic heterocycles. The number of nitrogens with zero attached hydrogens (tertiary/aromatic N) is 5. The monoisotopic (exact) mass is 433 g/mol. The number of halogens is 4. The van der Waals surface area contributed by atoms with Crippen molar-refractivity contribution >= 4 is 28.7 Å². The van der Waals surface area contributed by atoms with Gasteiger partial charge in [-0.2, -0.15) is 13.2 Å². The molecule has 0 atom stereocenters. The Labute approximate surface area is 171 Å². The molecule has 1 amide bonds. The number of ether oxygens (including phenoxy) is 1. The zero-order valence-electron chi connectivity index (χ0n) is 16.5. The fraction of sp³-hybridized carbons (Fsp3) is 0.611. The number of hydrogen-bond acceptors (Lipinski definition) is 5. The van der Waals surface area contributed by atoms with Crippen molar-refractivity contribution in [2.24, 2.45) is 0 Å². The molecule has 0 N–H and O–H groups in total. The second kappa shape index (κ2) is 7.98. The average molecular weight is 434 g/mol. The number of amides is 1. The highest BCUT2D eigenvalue weighted by Crippen LogP contribution is 2.35. The first-order chi connectivity index (χ1) is 13.5. The Kier molecular flexibility index (Phi) is 5.96. The topological polar surface area (TPSA) is 63.5 Å². The fourth-order valence-corrected chi connectivity index (χ4v) is 3.40. The van der Waals surface area contributed by atoms with Crippen LogP contribution in [0.4, 0.5) is 18.0 Å². The normalized spacial score (nSPS) is 16.4. The summed E-state index contributed by atoms with van der Waals surface area (Å²) in [4.78, 5) is 23.5. The summed E-state index contributed by atoms with van der Waals surface area (Å²) in [5, 5.41) is 0.168. The van der Waals surface area contributed by atoms with Crippen LogP contribution in [-0.4, -0.2) is 68.8 Å². The Morgan fingerprint density at radius 3 is 2.38 bits per heavy atom. The van der Waals surface area contributed by atoms with Crippen molar-refractivity contribution in [3.63, 3.8) is 0 Å². The molecule has 1 aliphatic rings. The van der Waals surface area contributed by atoms with Crippen LogP contribution < -0.4 is 0 Å². The Morgan fingerprint density at radius 1 is 1.14 bits per heavy atom. The highest BCUT2D eigenvalue weighted by Gasteiger charge is 2.36. The van der Waals surface area contributed by atoms with E-state index in [1.807, 2.05) is 4.90 Å². The van der Waals surface area contributed by atoms with Crippen molar-refractivity contribution in [1.29, 1.82) is 0 Å². The van der Waals surface area contributed by atoms with Crippen LogP contribution in [-0.2, 0) is 17.5 Å². The summed E-state index contributed by atoms with van der Waals surface area (Å²) in [6.45, 7) is 7.91. The van der Waals surface area contributed by atoms with Gasteiger partial charge in [0, 0.05) is 39.3 Å². The van der Waals surface area contributed by atoms with Crippen LogP contribution in [0.5, 0.6) is 0 Å². The number of aromatic nitrogens is 3. The average Bonchev–Trinajstić information content (AvgIpc) is 2.99. The quantitative estimate of drug-likeness (QED) is 0.691. The Bertz CT molecular complexity index is 886. The zero-order valence-corrected chi connectivity index (χ0v) is 17.2. The van der Waals surface area contributed by atoms with Gasteiger partial charge >= 0.3 is 12.3 Å². The molecule has 2 aromatic rings. The first-order valence-corrected chi connectivity index (χ1v) is 9.61. The SMILES string of the molecule is CC(C)(C)OC(=O)N1CCN(CCn2c(C(F)(F)F)cc3c(Cl)ncnc32)CC1. The number of piperazine rings is 1. The van der Waals surface area contributed by atoms with Crippen molar-refractivity contribution in [1.82, 2.24) is 24.3 Å². The van der Waals surface area contributed by atoms with Crippen LogP contribution in [0.15, 0.2) is 12.4 Å². The van der Waals surface area contributed by atoms with Gasteiger partial charge in [0.15, 0.2) is 0 Å². The number of fused-ring (bicyclic) bond motifs is 1. The smallest absolute Gasteiger partial charge is 0.431 e. The molecular formula is C18H23ClF3N5O2.